The van der Waals surface area contributed by atoms with Gasteiger partial charge >= 0.3 is 6.03 Å². The Morgan fingerprint density at radius 2 is 1.94 bits per heavy atom. The molecule has 0 spiro atoms. The standard InChI is InChI=1S/C13H23N3O/c1-12(2,3)9-7-16-10(14-9)13(4,5)8-15(6)11(16)17/h9H,7-8H2,1-6H3/t9-/m1/s1. The molecule has 0 aromatic rings. The molecule has 96 valence electrons. The van der Waals surface area contributed by atoms with E-state index in [1.165, 1.54) is 0 Å². The highest BCUT2D eigenvalue weighted by molar-refractivity contribution is 6.04. The van der Waals surface area contributed by atoms with E-state index in [1.54, 1.807) is 4.90 Å². The lowest BCUT2D eigenvalue weighted by molar-refractivity contribution is 0.153. The number of aliphatic imine (C=N–C) groups is 1. The van der Waals surface area contributed by atoms with Crippen LogP contribution in [0.15, 0.2) is 4.99 Å². The molecule has 2 aliphatic heterocycles. The average Bonchev–Trinajstić information content (AvgIpc) is 2.58. The first-order valence-corrected chi connectivity index (χ1v) is 6.24. The van der Waals surface area contributed by atoms with Gasteiger partial charge in [-0.1, -0.05) is 34.6 Å². The molecule has 4 nitrogen and oxygen atoms in total. The van der Waals surface area contributed by atoms with Crippen molar-refractivity contribution in [2.24, 2.45) is 15.8 Å². The normalized spacial score (nSPS) is 28.2. The van der Waals surface area contributed by atoms with Crippen molar-refractivity contribution in [2.75, 3.05) is 20.1 Å². The van der Waals surface area contributed by atoms with Gasteiger partial charge in [0.05, 0.1) is 12.6 Å². The molecule has 1 saturated heterocycles. The first kappa shape index (κ1) is 12.4. The second kappa shape index (κ2) is 3.47. The summed E-state index contributed by atoms with van der Waals surface area (Å²) in [5.41, 5.74) is 0.0714. The summed E-state index contributed by atoms with van der Waals surface area (Å²) in [5.74, 6) is 0.973. The van der Waals surface area contributed by atoms with E-state index in [2.05, 4.69) is 34.6 Å². The van der Waals surface area contributed by atoms with Crippen LogP contribution in [0.3, 0.4) is 0 Å². The first-order chi connectivity index (χ1) is 7.63. The van der Waals surface area contributed by atoms with Crippen LogP contribution in [-0.4, -0.2) is 47.8 Å². The molecule has 0 unspecified atom stereocenters. The molecule has 0 N–H and O–H groups in total. The van der Waals surface area contributed by atoms with Crippen molar-refractivity contribution in [1.82, 2.24) is 9.80 Å². The fourth-order valence-corrected chi connectivity index (χ4v) is 2.63. The smallest absolute Gasteiger partial charge is 0.325 e. The molecule has 0 aromatic carbocycles. The number of rotatable bonds is 0. The van der Waals surface area contributed by atoms with Crippen LogP contribution in [0.4, 0.5) is 4.79 Å². The second-order valence-corrected chi connectivity index (χ2v) is 6.97. The number of carbonyl (C=O) groups excluding carboxylic acids is 1. The maximum absolute atomic E-state index is 12.1. The van der Waals surface area contributed by atoms with Gasteiger partial charge in [0.2, 0.25) is 0 Å². The van der Waals surface area contributed by atoms with E-state index in [-0.39, 0.29) is 22.9 Å². The summed E-state index contributed by atoms with van der Waals surface area (Å²) in [5, 5.41) is 0. The molecule has 17 heavy (non-hydrogen) atoms. The lowest BCUT2D eigenvalue weighted by atomic mass is 9.87. The van der Waals surface area contributed by atoms with Gasteiger partial charge in [0.1, 0.15) is 5.84 Å². The monoisotopic (exact) mass is 237 g/mol. The molecule has 2 rings (SSSR count). The fraction of sp³-hybridized carbons (Fsp3) is 0.846. The quantitative estimate of drug-likeness (QED) is 0.636. The number of urea groups is 1. The van der Waals surface area contributed by atoms with Crippen molar-refractivity contribution in [3.8, 4) is 0 Å². The zero-order valence-corrected chi connectivity index (χ0v) is 11.7. The van der Waals surface area contributed by atoms with E-state index < -0.39 is 0 Å². The molecule has 2 amide bonds. The Bertz CT molecular complexity index is 379. The Kier molecular flexibility index (Phi) is 2.53. The molecule has 4 heteroatoms. The molecule has 2 heterocycles. The van der Waals surface area contributed by atoms with Gasteiger partial charge in [-0.2, -0.15) is 0 Å². The van der Waals surface area contributed by atoms with Gasteiger partial charge in [-0.15, -0.1) is 0 Å². The van der Waals surface area contributed by atoms with Crippen LogP contribution >= 0.6 is 0 Å². The topological polar surface area (TPSA) is 35.9 Å². The van der Waals surface area contributed by atoms with Crippen molar-refractivity contribution in [3.05, 3.63) is 0 Å². The predicted molar refractivity (Wildman–Crippen MR) is 69.2 cm³/mol. The fourth-order valence-electron chi connectivity index (χ4n) is 2.63. The van der Waals surface area contributed by atoms with Crippen molar-refractivity contribution in [3.63, 3.8) is 0 Å². The minimum atomic E-state index is -0.0390. The summed E-state index contributed by atoms with van der Waals surface area (Å²) in [4.78, 5) is 20.6. The summed E-state index contributed by atoms with van der Waals surface area (Å²) in [6.07, 6.45) is 0. The van der Waals surface area contributed by atoms with E-state index in [0.29, 0.717) is 0 Å². The highest BCUT2D eigenvalue weighted by Crippen LogP contribution is 2.36. The summed E-state index contributed by atoms with van der Waals surface area (Å²) >= 11 is 0. The zero-order chi connectivity index (χ0) is 13.0. The summed E-state index contributed by atoms with van der Waals surface area (Å²) < 4.78 is 0. The van der Waals surface area contributed by atoms with Crippen LogP contribution in [0.1, 0.15) is 34.6 Å². The van der Waals surface area contributed by atoms with Crippen molar-refractivity contribution in [1.29, 1.82) is 0 Å². The van der Waals surface area contributed by atoms with Gasteiger partial charge in [0.25, 0.3) is 0 Å². The zero-order valence-electron chi connectivity index (χ0n) is 11.7. The molecule has 0 radical (unpaired) electrons. The molecule has 1 atom stereocenters. The number of amides is 2. The maximum Gasteiger partial charge on any atom is 0.325 e. The second-order valence-electron chi connectivity index (χ2n) is 6.97. The Balaban J connectivity index is 2.35. The summed E-state index contributed by atoms with van der Waals surface area (Å²) in [6, 6.07) is 0.307. The number of fused-ring (bicyclic) bond motifs is 1. The lowest BCUT2D eigenvalue weighted by Crippen LogP contribution is -2.57. The third kappa shape index (κ3) is 1.94. The van der Waals surface area contributed by atoms with Crippen LogP contribution in [-0.2, 0) is 0 Å². The third-order valence-electron chi connectivity index (χ3n) is 3.68. The summed E-state index contributed by atoms with van der Waals surface area (Å²) in [6.45, 7) is 12.3. The molecule has 0 aliphatic carbocycles. The largest absolute Gasteiger partial charge is 0.326 e. The van der Waals surface area contributed by atoms with E-state index in [4.69, 9.17) is 4.99 Å². The maximum atomic E-state index is 12.1. The molecule has 1 fully saturated rings. The number of hydrogen-bond acceptors (Lipinski definition) is 2. The molecule has 0 aromatic heterocycles. The summed E-state index contributed by atoms with van der Waals surface area (Å²) in [7, 11) is 1.87. The van der Waals surface area contributed by atoms with Gasteiger partial charge in [-0.3, -0.25) is 9.89 Å². The van der Waals surface area contributed by atoms with Gasteiger partial charge in [-0.25, -0.2) is 4.79 Å². The minimum absolute atomic E-state index is 0.0390. The van der Waals surface area contributed by atoms with E-state index in [0.717, 1.165) is 18.9 Å². The number of amidine groups is 1. The van der Waals surface area contributed by atoms with Crippen LogP contribution in [0.2, 0.25) is 0 Å². The van der Waals surface area contributed by atoms with E-state index in [9.17, 15) is 4.79 Å². The van der Waals surface area contributed by atoms with Crippen LogP contribution in [0.5, 0.6) is 0 Å². The van der Waals surface area contributed by atoms with Gasteiger partial charge in [-0.05, 0) is 5.41 Å². The Labute approximate surface area is 104 Å². The average molecular weight is 237 g/mol. The molecular formula is C13H23N3O. The van der Waals surface area contributed by atoms with Crippen LogP contribution in [0.25, 0.3) is 0 Å². The third-order valence-corrected chi connectivity index (χ3v) is 3.68. The van der Waals surface area contributed by atoms with Gasteiger partial charge in [0, 0.05) is 19.0 Å². The van der Waals surface area contributed by atoms with Crippen molar-refractivity contribution < 1.29 is 4.79 Å². The number of carbonyl (C=O) groups is 1. The highest BCUT2D eigenvalue weighted by Gasteiger charge is 2.47. The predicted octanol–water partition coefficient (Wildman–Crippen LogP) is 2.21. The van der Waals surface area contributed by atoms with Crippen molar-refractivity contribution in [2.45, 2.75) is 40.7 Å². The van der Waals surface area contributed by atoms with Crippen molar-refractivity contribution >= 4 is 11.9 Å². The van der Waals surface area contributed by atoms with Gasteiger partial charge in [0.15, 0.2) is 0 Å². The Morgan fingerprint density at radius 3 is 2.47 bits per heavy atom. The first-order valence-electron chi connectivity index (χ1n) is 6.24. The number of nitrogens with zero attached hydrogens (tertiary/aromatic N) is 3. The van der Waals surface area contributed by atoms with E-state index >= 15 is 0 Å². The minimum Gasteiger partial charge on any atom is -0.326 e. The van der Waals surface area contributed by atoms with Crippen LogP contribution < -0.4 is 0 Å². The van der Waals surface area contributed by atoms with Gasteiger partial charge < -0.3 is 4.90 Å². The molecular weight excluding hydrogens is 214 g/mol. The van der Waals surface area contributed by atoms with Crippen LogP contribution in [0, 0.1) is 10.8 Å². The molecule has 2 aliphatic rings. The van der Waals surface area contributed by atoms with E-state index in [1.807, 2.05) is 11.9 Å². The highest BCUT2D eigenvalue weighted by atomic mass is 16.2. The SMILES string of the molecule is CN1CC(C)(C)C2=N[C@@H](C(C)(C)C)CN2C1=O. The lowest BCUT2D eigenvalue weighted by Gasteiger charge is -2.41. The number of hydrogen-bond donors (Lipinski definition) is 0. The molecule has 0 bridgehead atoms. The Morgan fingerprint density at radius 1 is 1.35 bits per heavy atom. The molecule has 0 saturated carbocycles. The Hall–Kier alpha value is -1.06.